The zero-order valence-corrected chi connectivity index (χ0v) is 14.7. The van der Waals surface area contributed by atoms with Crippen molar-refractivity contribution in [2.24, 2.45) is 0 Å². The average molecular weight is 382 g/mol. The molecule has 0 aliphatic heterocycles. The maximum Gasteiger partial charge on any atom is 0.291 e. The summed E-state index contributed by atoms with van der Waals surface area (Å²) in [5.74, 6) is -0.835. The van der Waals surface area contributed by atoms with Crippen LogP contribution in [0, 0.1) is 5.82 Å². The summed E-state index contributed by atoms with van der Waals surface area (Å²) in [6.45, 7) is 0.130. The Balaban J connectivity index is 1.60. The van der Waals surface area contributed by atoms with Gasteiger partial charge in [-0.05, 0) is 29.8 Å². The fourth-order valence-electron chi connectivity index (χ4n) is 2.61. The Kier molecular flexibility index (Phi) is 4.52. The maximum absolute atomic E-state index is 13.1. The van der Waals surface area contributed by atoms with Gasteiger partial charge in [-0.2, -0.15) is 9.61 Å². The van der Waals surface area contributed by atoms with Crippen molar-refractivity contribution in [2.45, 2.75) is 6.54 Å². The molecule has 4 aromatic rings. The van der Waals surface area contributed by atoms with Crippen molar-refractivity contribution in [1.82, 2.24) is 25.1 Å². The number of nitrogens with one attached hydrogen (secondary N) is 1. The van der Waals surface area contributed by atoms with Crippen LogP contribution in [0.5, 0.6) is 0 Å². The standard InChI is InChI=1S/C19H13ClFN5O/c20-15-10-14(21)7-6-13(15)11-22-19(27)18-24-23-17-9-8-16(25-26(17)18)12-4-2-1-3-5-12/h1-10H,11H2,(H,22,27). The number of aromatic nitrogens is 4. The lowest BCUT2D eigenvalue weighted by atomic mass is 10.1. The predicted octanol–water partition coefficient (Wildman–Crippen LogP) is 3.51. The first-order valence-electron chi connectivity index (χ1n) is 8.12. The van der Waals surface area contributed by atoms with E-state index in [9.17, 15) is 9.18 Å². The highest BCUT2D eigenvalue weighted by molar-refractivity contribution is 6.31. The lowest BCUT2D eigenvalue weighted by Crippen LogP contribution is -2.25. The van der Waals surface area contributed by atoms with Crippen molar-refractivity contribution in [2.75, 3.05) is 0 Å². The molecule has 2 aromatic heterocycles. The Hall–Kier alpha value is -3.32. The third-order valence-electron chi connectivity index (χ3n) is 3.99. The maximum atomic E-state index is 13.1. The third kappa shape index (κ3) is 3.50. The van der Waals surface area contributed by atoms with Gasteiger partial charge in [0.1, 0.15) is 5.82 Å². The van der Waals surface area contributed by atoms with Crippen LogP contribution in [-0.2, 0) is 6.54 Å². The molecule has 2 aromatic carbocycles. The molecule has 0 spiro atoms. The number of amides is 1. The van der Waals surface area contributed by atoms with Crippen LogP contribution in [0.2, 0.25) is 5.02 Å². The first kappa shape index (κ1) is 17.1. The van der Waals surface area contributed by atoms with Crippen LogP contribution < -0.4 is 5.32 Å². The minimum Gasteiger partial charge on any atom is -0.345 e. The SMILES string of the molecule is O=C(NCc1ccc(F)cc1Cl)c1nnc2ccc(-c3ccccc3)nn12. The second-order valence-corrected chi connectivity index (χ2v) is 6.20. The number of halogens is 2. The number of carbonyl (C=O) groups excluding carboxylic acids is 1. The molecule has 134 valence electrons. The van der Waals surface area contributed by atoms with Crippen LogP contribution in [0.1, 0.15) is 16.2 Å². The lowest BCUT2D eigenvalue weighted by Gasteiger charge is -2.06. The molecule has 0 saturated carbocycles. The van der Waals surface area contributed by atoms with Gasteiger partial charge in [-0.3, -0.25) is 4.79 Å². The summed E-state index contributed by atoms with van der Waals surface area (Å²) in [4.78, 5) is 12.5. The number of rotatable bonds is 4. The van der Waals surface area contributed by atoms with Crippen LogP contribution >= 0.6 is 11.6 Å². The molecule has 2 heterocycles. The zero-order chi connectivity index (χ0) is 18.8. The van der Waals surface area contributed by atoms with E-state index < -0.39 is 11.7 Å². The lowest BCUT2D eigenvalue weighted by molar-refractivity contribution is 0.0938. The van der Waals surface area contributed by atoms with Gasteiger partial charge in [-0.1, -0.05) is 48.0 Å². The highest BCUT2D eigenvalue weighted by atomic mass is 35.5. The summed E-state index contributed by atoms with van der Waals surface area (Å²) < 4.78 is 14.5. The summed E-state index contributed by atoms with van der Waals surface area (Å²) in [5.41, 5.74) is 2.66. The molecule has 0 fully saturated rings. The van der Waals surface area contributed by atoms with Gasteiger partial charge in [-0.25, -0.2) is 4.39 Å². The van der Waals surface area contributed by atoms with E-state index >= 15 is 0 Å². The molecule has 8 heteroatoms. The molecule has 0 aliphatic rings. The second kappa shape index (κ2) is 7.13. The van der Waals surface area contributed by atoms with Gasteiger partial charge < -0.3 is 5.32 Å². The largest absolute Gasteiger partial charge is 0.345 e. The van der Waals surface area contributed by atoms with Crippen LogP contribution in [0.3, 0.4) is 0 Å². The van der Waals surface area contributed by atoms with E-state index in [0.717, 1.165) is 5.56 Å². The Labute approximate surface area is 158 Å². The van der Waals surface area contributed by atoms with Gasteiger partial charge in [0, 0.05) is 17.1 Å². The van der Waals surface area contributed by atoms with E-state index in [2.05, 4.69) is 20.6 Å². The molecule has 6 nitrogen and oxygen atoms in total. The number of benzene rings is 2. The number of fused-ring (bicyclic) bond motifs is 1. The fourth-order valence-corrected chi connectivity index (χ4v) is 2.85. The van der Waals surface area contributed by atoms with Crippen LogP contribution in [0.15, 0.2) is 60.7 Å². The zero-order valence-electron chi connectivity index (χ0n) is 13.9. The highest BCUT2D eigenvalue weighted by Gasteiger charge is 2.16. The topological polar surface area (TPSA) is 72.2 Å². The first-order valence-corrected chi connectivity index (χ1v) is 8.49. The molecule has 4 rings (SSSR count). The quantitative estimate of drug-likeness (QED) is 0.587. The molecular formula is C19H13ClFN5O. The molecule has 27 heavy (non-hydrogen) atoms. The van der Waals surface area contributed by atoms with E-state index in [0.29, 0.717) is 16.9 Å². The van der Waals surface area contributed by atoms with Crippen LogP contribution in [-0.4, -0.2) is 25.7 Å². The summed E-state index contributed by atoms with van der Waals surface area (Å²) >= 11 is 5.98. The van der Waals surface area contributed by atoms with Crippen LogP contribution in [0.4, 0.5) is 4.39 Å². The third-order valence-corrected chi connectivity index (χ3v) is 4.34. The summed E-state index contributed by atoms with van der Waals surface area (Å²) in [6, 6.07) is 17.2. The van der Waals surface area contributed by atoms with Crippen molar-refractivity contribution in [3.05, 3.63) is 82.9 Å². The van der Waals surface area contributed by atoms with Gasteiger partial charge in [-0.15, -0.1) is 10.2 Å². The van der Waals surface area contributed by atoms with E-state index in [1.54, 1.807) is 6.07 Å². The minimum absolute atomic E-state index is 0.0565. The molecule has 0 bridgehead atoms. The first-order chi connectivity index (χ1) is 13.1. The number of carbonyl (C=O) groups is 1. The fraction of sp³-hybridized carbons (Fsp3) is 0.0526. The van der Waals surface area contributed by atoms with Gasteiger partial charge >= 0.3 is 0 Å². The second-order valence-electron chi connectivity index (χ2n) is 5.80. The Morgan fingerprint density at radius 3 is 2.67 bits per heavy atom. The van der Waals surface area contributed by atoms with Crippen molar-refractivity contribution < 1.29 is 9.18 Å². The average Bonchev–Trinajstić information content (AvgIpc) is 3.11. The van der Waals surface area contributed by atoms with Gasteiger partial charge in [0.25, 0.3) is 5.91 Å². The Morgan fingerprint density at radius 1 is 1.07 bits per heavy atom. The molecule has 1 N–H and O–H groups in total. The molecule has 0 aliphatic carbocycles. The number of hydrogen-bond acceptors (Lipinski definition) is 4. The van der Waals surface area contributed by atoms with Gasteiger partial charge in [0.2, 0.25) is 5.82 Å². The molecule has 0 atom stereocenters. The smallest absolute Gasteiger partial charge is 0.291 e. The Bertz CT molecular complexity index is 1130. The molecular weight excluding hydrogens is 369 g/mol. The van der Waals surface area contributed by atoms with Crippen LogP contribution in [0.25, 0.3) is 16.9 Å². The summed E-state index contributed by atoms with van der Waals surface area (Å²) in [6.07, 6.45) is 0. The number of hydrogen-bond donors (Lipinski definition) is 1. The molecule has 0 saturated heterocycles. The molecule has 0 radical (unpaired) electrons. The monoisotopic (exact) mass is 381 g/mol. The van der Waals surface area contributed by atoms with Crippen molar-refractivity contribution in [1.29, 1.82) is 0 Å². The van der Waals surface area contributed by atoms with E-state index in [-0.39, 0.29) is 17.4 Å². The Morgan fingerprint density at radius 2 is 1.89 bits per heavy atom. The summed E-state index contributed by atoms with van der Waals surface area (Å²) in [7, 11) is 0. The van der Waals surface area contributed by atoms with E-state index in [1.165, 1.54) is 22.7 Å². The van der Waals surface area contributed by atoms with Gasteiger partial charge in [0.05, 0.1) is 5.69 Å². The van der Waals surface area contributed by atoms with Gasteiger partial charge in [0.15, 0.2) is 5.65 Å². The highest BCUT2D eigenvalue weighted by Crippen LogP contribution is 2.18. The molecule has 1 amide bonds. The number of nitrogens with zero attached hydrogens (tertiary/aromatic N) is 4. The van der Waals surface area contributed by atoms with E-state index in [1.807, 2.05) is 36.4 Å². The summed E-state index contributed by atoms with van der Waals surface area (Å²) in [5, 5.41) is 15.3. The normalized spacial score (nSPS) is 10.9. The van der Waals surface area contributed by atoms with Crippen molar-refractivity contribution in [3.8, 4) is 11.3 Å². The van der Waals surface area contributed by atoms with Crippen molar-refractivity contribution in [3.63, 3.8) is 0 Å². The minimum atomic E-state index is -0.458. The van der Waals surface area contributed by atoms with Crippen molar-refractivity contribution >= 4 is 23.2 Å². The molecule has 0 unspecified atom stereocenters. The predicted molar refractivity (Wildman–Crippen MR) is 98.8 cm³/mol. The van der Waals surface area contributed by atoms with E-state index in [4.69, 9.17) is 11.6 Å².